The van der Waals surface area contributed by atoms with Gasteiger partial charge in [0.15, 0.2) is 9.84 Å². The summed E-state index contributed by atoms with van der Waals surface area (Å²) in [4.78, 5) is 10.9. The Hall–Kier alpha value is -1.56. The van der Waals surface area contributed by atoms with Gasteiger partial charge in [-0.25, -0.2) is 8.42 Å². The van der Waals surface area contributed by atoms with Gasteiger partial charge in [-0.2, -0.15) is 0 Å². The zero-order valence-electron chi connectivity index (χ0n) is 11.4. The van der Waals surface area contributed by atoms with Gasteiger partial charge < -0.3 is 10.6 Å². The van der Waals surface area contributed by atoms with Crippen LogP contribution in [-0.2, 0) is 14.6 Å². The van der Waals surface area contributed by atoms with E-state index >= 15 is 0 Å². The van der Waals surface area contributed by atoms with Crippen molar-refractivity contribution >= 4 is 27.1 Å². The molecule has 0 spiro atoms. The van der Waals surface area contributed by atoms with Crippen LogP contribution in [-0.4, -0.2) is 31.9 Å². The standard InChI is InChI=1S/C13H20N2O3S/c1-4-19(17,18)9-10(2)14-12-5-7-13(8-6-12)15-11(3)16/h5-8,10,14H,4,9H2,1-3H3,(H,15,16). The van der Waals surface area contributed by atoms with Gasteiger partial charge in [0.2, 0.25) is 5.91 Å². The minimum atomic E-state index is -2.98. The van der Waals surface area contributed by atoms with Crippen LogP contribution in [0.5, 0.6) is 0 Å². The molecule has 0 radical (unpaired) electrons. The molecule has 1 atom stereocenters. The summed E-state index contributed by atoms with van der Waals surface area (Å²) >= 11 is 0. The van der Waals surface area contributed by atoms with E-state index in [0.717, 1.165) is 5.69 Å². The van der Waals surface area contributed by atoms with E-state index in [0.29, 0.717) is 5.69 Å². The van der Waals surface area contributed by atoms with E-state index in [-0.39, 0.29) is 23.5 Å². The second kappa shape index (κ2) is 6.56. The molecule has 1 aromatic rings. The summed E-state index contributed by atoms with van der Waals surface area (Å²) in [6.07, 6.45) is 0. The number of carbonyl (C=O) groups excluding carboxylic acids is 1. The Morgan fingerprint density at radius 1 is 1.21 bits per heavy atom. The van der Waals surface area contributed by atoms with Crippen LogP contribution in [0.3, 0.4) is 0 Å². The summed E-state index contributed by atoms with van der Waals surface area (Å²) in [6.45, 7) is 4.92. The Balaban J connectivity index is 2.60. The molecule has 106 valence electrons. The van der Waals surface area contributed by atoms with Crippen molar-refractivity contribution in [3.8, 4) is 0 Å². The van der Waals surface area contributed by atoms with Crippen LogP contribution in [0, 0.1) is 0 Å². The first kappa shape index (κ1) is 15.5. The van der Waals surface area contributed by atoms with Crippen LogP contribution >= 0.6 is 0 Å². The lowest BCUT2D eigenvalue weighted by molar-refractivity contribution is -0.114. The summed E-state index contributed by atoms with van der Waals surface area (Å²) in [5, 5.41) is 5.79. The molecule has 1 rings (SSSR count). The van der Waals surface area contributed by atoms with Crippen molar-refractivity contribution in [3.63, 3.8) is 0 Å². The van der Waals surface area contributed by atoms with E-state index in [1.54, 1.807) is 31.2 Å². The van der Waals surface area contributed by atoms with Gasteiger partial charge in [0, 0.05) is 30.1 Å². The first-order valence-corrected chi connectivity index (χ1v) is 7.99. The predicted octanol–water partition coefficient (Wildman–Crippen LogP) is 1.88. The Morgan fingerprint density at radius 2 is 1.74 bits per heavy atom. The molecule has 0 saturated heterocycles. The number of carbonyl (C=O) groups is 1. The van der Waals surface area contributed by atoms with Gasteiger partial charge in [-0.05, 0) is 31.2 Å². The number of nitrogens with one attached hydrogen (secondary N) is 2. The highest BCUT2D eigenvalue weighted by molar-refractivity contribution is 7.91. The van der Waals surface area contributed by atoms with E-state index in [1.165, 1.54) is 6.92 Å². The third-order valence-electron chi connectivity index (χ3n) is 2.56. The van der Waals surface area contributed by atoms with Gasteiger partial charge >= 0.3 is 0 Å². The van der Waals surface area contributed by atoms with Crippen LogP contribution in [0.15, 0.2) is 24.3 Å². The first-order valence-electron chi connectivity index (χ1n) is 6.17. The lowest BCUT2D eigenvalue weighted by Gasteiger charge is -2.15. The SMILES string of the molecule is CCS(=O)(=O)CC(C)Nc1ccc(NC(C)=O)cc1. The van der Waals surface area contributed by atoms with E-state index in [9.17, 15) is 13.2 Å². The molecule has 0 aliphatic heterocycles. The van der Waals surface area contributed by atoms with Crippen LogP contribution < -0.4 is 10.6 Å². The second-order valence-electron chi connectivity index (χ2n) is 4.50. The van der Waals surface area contributed by atoms with E-state index in [1.807, 2.05) is 6.92 Å². The monoisotopic (exact) mass is 284 g/mol. The maximum Gasteiger partial charge on any atom is 0.221 e. The fourth-order valence-corrected chi connectivity index (χ4v) is 2.76. The van der Waals surface area contributed by atoms with Crippen molar-refractivity contribution in [3.05, 3.63) is 24.3 Å². The van der Waals surface area contributed by atoms with Crippen molar-refractivity contribution in [1.29, 1.82) is 0 Å². The third-order valence-corrected chi connectivity index (χ3v) is 4.45. The number of hydrogen-bond donors (Lipinski definition) is 2. The van der Waals surface area contributed by atoms with Crippen molar-refractivity contribution in [2.75, 3.05) is 22.1 Å². The van der Waals surface area contributed by atoms with Crippen molar-refractivity contribution in [2.24, 2.45) is 0 Å². The summed E-state index contributed by atoms with van der Waals surface area (Å²) in [7, 11) is -2.98. The van der Waals surface area contributed by atoms with E-state index < -0.39 is 9.84 Å². The topological polar surface area (TPSA) is 75.3 Å². The number of hydrogen-bond acceptors (Lipinski definition) is 4. The van der Waals surface area contributed by atoms with Gasteiger partial charge in [0.05, 0.1) is 5.75 Å². The maximum absolute atomic E-state index is 11.5. The van der Waals surface area contributed by atoms with Gasteiger partial charge in [-0.15, -0.1) is 0 Å². The zero-order valence-corrected chi connectivity index (χ0v) is 12.3. The van der Waals surface area contributed by atoms with Gasteiger partial charge in [0.25, 0.3) is 0 Å². The Bertz CT molecular complexity index is 523. The molecule has 6 heteroatoms. The van der Waals surface area contributed by atoms with Crippen LogP contribution in [0.4, 0.5) is 11.4 Å². The fraction of sp³-hybridized carbons (Fsp3) is 0.462. The largest absolute Gasteiger partial charge is 0.382 e. The number of amides is 1. The molecular weight excluding hydrogens is 264 g/mol. The molecule has 1 unspecified atom stereocenters. The Morgan fingerprint density at radius 3 is 2.21 bits per heavy atom. The molecule has 1 aromatic carbocycles. The highest BCUT2D eigenvalue weighted by Gasteiger charge is 2.13. The highest BCUT2D eigenvalue weighted by atomic mass is 32.2. The van der Waals surface area contributed by atoms with Gasteiger partial charge in [-0.1, -0.05) is 6.92 Å². The van der Waals surface area contributed by atoms with Crippen molar-refractivity contribution < 1.29 is 13.2 Å². The second-order valence-corrected chi connectivity index (χ2v) is 6.90. The molecule has 0 aromatic heterocycles. The van der Waals surface area contributed by atoms with Crippen LogP contribution in [0.2, 0.25) is 0 Å². The quantitative estimate of drug-likeness (QED) is 0.836. The summed E-state index contributed by atoms with van der Waals surface area (Å²) < 4.78 is 23.0. The average molecular weight is 284 g/mol. The van der Waals surface area contributed by atoms with Crippen molar-refractivity contribution in [1.82, 2.24) is 0 Å². The predicted molar refractivity (Wildman–Crippen MR) is 78.2 cm³/mol. The number of benzene rings is 1. The molecule has 0 saturated carbocycles. The average Bonchev–Trinajstić information content (AvgIpc) is 2.30. The minimum Gasteiger partial charge on any atom is -0.382 e. The van der Waals surface area contributed by atoms with Crippen molar-refractivity contribution in [2.45, 2.75) is 26.8 Å². The summed E-state index contributed by atoms with van der Waals surface area (Å²) in [5.41, 5.74) is 1.54. The first-order chi connectivity index (χ1) is 8.82. The number of sulfone groups is 1. The van der Waals surface area contributed by atoms with Gasteiger partial charge in [-0.3, -0.25) is 4.79 Å². The maximum atomic E-state index is 11.5. The minimum absolute atomic E-state index is 0.108. The molecule has 0 aliphatic rings. The Labute approximate surface area is 114 Å². The number of anilines is 2. The molecule has 5 nitrogen and oxygen atoms in total. The van der Waals surface area contributed by atoms with E-state index in [4.69, 9.17) is 0 Å². The summed E-state index contributed by atoms with van der Waals surface area (Å²) in [5.74, 6) is 0.139. The lowest BCUT2D eigenvalue weighted by atomic mass is 10.2. The molecule has 0 fully saturated rings. The molecule has 0 aliphatic carbocycles. The molecule has 2 N–H and O–H groups in total. The van der Waals surface area contributed by atoms with Crippen LogP contribution in [0.1, 0.15) is 20.8 Å². The molecule has 0 bridgehead atoms. The van der Waals surface area contributed by atoms with Crippen LogP contribution in [0.25, 0.3) is 0 Å². The fourth-order valence-electron chi connectivity index (χ4n) is 1.68. The molecular formula is C13H20N2O3S. The smallest absolute Gasteiger partial charge is 0.221 e. The van der Waals surface area contributed by atoms with Gasteiger partial charge in [0.1, 0.15) is 0 Å². The number of rotatable bonds is 6. The summed E-state index contributed by atoms with van der Waals surface area (Å²) in [6, 6.07) is 6.99. The third kappa shape index (κ3) is 5.74. The normalized spacial score (nSPS) is 12.8. The highest BCUT2D eigenvalue weighted by Crippen LogP contribution is 2.14. The van der Waals surface area contributed by atoms with E-state index in [2.05, 4.69) is 10.6 Å². The Kier molecular flexibility index (Phi) is 5.35. The molecule has 1 amide bonds. The lowest BCUT2D eigenvalue weighted by Crippen LogP contribution is -2.26. The molecule has 0 heterocycles. The molecule has 19 heavy (non-hydrogen) atoms. The zero-order chi connectivity index (χ0) is 14.5.